The van der Waals surface area contributed by atoms with Gasteiger partial charge >= 0.3 is 5.97 Å². The van der Waals surface area contributed by atoms with Gasteiger partial charge in [0.15, 0.2) is 0 Å². The number of nitrogens with zero attached hydrogens (tertiary/aromatic N) is 1. The van der Waals surface area contributed by atoms with E-state index >= 15 is 0 Å². The summed E-state index contributed by atoms with van der Waals surface area (Å²) in [5.41, 5.74) is -0.862. The molecule has 116 valence electrons. The van der Waals surface area contributed by atoms with Crippen molar-refractivity contribution >= 4 is 5.97 Å². The van der Waals surface area contributed by atoms with E-state index in [1.165, 1.54) is 0 Å². The Hall–Kier alpha value is -0.610. The summed E-state index contributed by atoms with van der Waals surface area (Å²) < 4.78 is 5.08. The number of likely N-dealkylation sites (tertiary alicyclic amines) is 1. The first-order valence-electron chi connectivity index (χ1n) is 8.02. The van der Waals surface area contributed by atoms with E-state index in [4.69, 9.17) is 4.74 Å². The second-order valence-electron chi connectivity index (χ2n) is 6.85. The highest BCUT2D eigenvalue weighted by Gasteiger charge is 2.49. The first-order chi connectivity index (χ1) is 9.45. The number of hydrogen-bond donors (Lipinski definition) is 1. The zero-order valence-electron chi connectivity index (χ0n) is 13.1. The summed E-state index contributed by atoms with van der Waals surface area (Å²) in [6, 6.07) is 0. The molecule has 0 aromatic rings. The largest absolute Gasteiger partial charge is 0.466 e. The normalized spacial score (nSPS) is 38.9. The lowest BCUT2D eigenvalue weighted by molar-refractivity contribution is -0.166. The van der Waals surface area contributed by atoms with Crippen LogP contribution >= 0.6 is 0 Å². The SMILES string of the molecule is CCOC(=O)CC1(O)C2CCC(C)CCC1CN(C)C2. The van der Waals surface area contributed by atoms with Crippen molar-refractivity contribution in [2.24, 2.45) is 17.8 Å². The summed E-state index contributed by atoms with van der Waals surface area (Å²) in [4.78, 5) is 14.2. The molecule has 0 radical (unpaired) electrons. The number of fused-ring (bicyclic) bond motifs is 2. The van der Waals surface area contributed by atoms with Gasteiger partial charge in [-0.3, -0.25) is 4.79 Å². The van der Waals surface area contributed by atoms with E-state index in [1.54, 1.807) is 0 Å². The lowest BCUT2D eigenvalue weighted by atomic mass is 9.65. The van der Waals surface area contributed by atoms with Gasteiger partial charge in [0.1, 0.15) is 0 Å². The van der Waals surface area contributed by atoms with Crippen LogP contribution in [-0.4, -0.2) is 48.3 Å². The predicted octanol–water partition coefficient (Wildman–Crippen LogP) is 2.06. The first kappa shape index (κ1) is 15.8. The summed E-state index contributed by atoms with van der Waals surface area (Å²) in [5, 5.41) is 11.2. The molecule has 0 aromatic heterocycles. The van der Waals surface area contributed by atoms with Crippen molar-refractivity contribution in [3.63, 3.8) is 0 Å². The summed E-state index contributed by atoms with van der Waals surface area (Å²) in [7, 11) is 2.12. The molecule has 2 unspecified atom stereocenters. The lowest BCUT2D eigenvalue weighted by Crippen LogP contribution is -2.58. The third-order valence-electron chi connectivity index (χ3n) is 5.23. The third-order valence-corrected chi connectivity index (χ3v) is 5.23. The van der Waals surface area contributed by atoms with Crippen molar-refractivity contribution < 1.29 is 14.6 Å². The van der Waals surface area contributed by atoms with Crippen molar-refractivity contribution in [2.45, 2.75) is 51.6 Å². The standard InChI is InChI=1S/C16H29NO3/c1-4-20-15(18)9-16(19)13-7-5-12(2)6-8-14(16)11-17(3)10-13/h12-14,19H,4-11H2,1-3H3. The molecule has 1 heterocycles. The maximum atomic E-state index is 11.9. The van der Waals surface area contributed by atoms with Crippen LogP contribution in [0.2, 0.25) is 0 Å². The topological polar surface area (TPSA) is 49.8 Å². The fourth-order valence-electron chi connectivity index (χ4n) is 4.01. The average Bonchev–Trinajstić information content (AvgIpc) is 2.37. The molecule has 0 spiro atoms. The van der Waals surface area contributed by atoms with E-state index in [0.29, 0.717) is 6.61 Å². The average molecular weight is 283 g/mol. The summed E-state index contributed by atoms with van der Waals surface area (Å²) in [6.07, 6.45) is 4.49. The van der Waals surface area contributed by atoms with Gasteiger partial charge in [-0.05, 0) is 32.7 Å². The van der Waals surface area contributed by atoms with Crippen molar-refractivity contribution in [1.29, 1.82) is 0 Å². The molecule has 1 aliphatic heterocycles. The van der Waals surface area contributed by atoms with E-state index < -0.39 is 5.60 Å². The van der Waals surface area contributed by atoms with Crippen LogP contribution < -0.4 is 0 Å². The Labute approximate surface area is 122 Å². The van der Waals surface area contributed by atoms with Gasteiger partial charge in [-0.2, -0.15) is 0 Å². The Bertz CT molecular complexity index is 327. The van der Waals surface area contributed by atoms with Gasteiger partial charge in [0.25, 0.3) is 0 Å². The molecule has 4 nitrogen and oxygen atoms in total. The van der Waals surface area contributed by atoms with Crippen molar-refractivity contribution in [2.75, 3.05) is 26.7 Å². The van der Waals surface area contributed by atoms with Gasteiger partial charge in [0.2, 0.25) is 0 Å². The molecule has 0 amide bonds. The van der Waals surface area contributed by atoms with Crippen LogP contribution in [0, 0.1) is 17.8 Å². The van der Waals surface area contributed by atoms with Crippen LogP contribution in [0.1, 0.15) is 46.0 Å². The van der Waals surface area contributed by atoms with Crippen LogP contribution in [0.25, 0.3) is 0 Å². The van der Waals surface area contributed by atoms with Gasteiger partial charge in [-0.15, -0.1) is 0 Å². The molecule has 2 rings (SSSR count). The maximum absolute atomic E-state index is 11.9. The molecule has 20 heavy (non-hydrogen) atoms. The predicted molar refractivity (Wildman–Crippen MR) is 78.3 cm³/mol. The third kappa shape index (κ3) is 3.34. The van der Waals surface area contributed by atoms with Crippen molar-refractivity contribution in [3.8, 4) is 0 Å². The van der Waals surface area contributed by atoms with E-state index in [0.717, 1.165) is 44.7 Å². The van der Waals surface area contributed by atoms with Gasteiger partial charge in [0.05, 0.1) is 18.6 Å². The van der Waals surface area contributed by atoms with E-state index in [9.17, 15) is 9.90 Å². The number of carbonyl (C=O) groups is 1. The minimum absolute atomic E-state index is 0.165. The van der Waals surface area contributed by atoms with Crippen molar-refractivity contribution in [1.82, 2.24) is 4.90 Å². The van der Waals surface area contributed by atoms with Gasteiger partial charge in [0, 0.05) is 24.9 Å². The quantitative estimate of drug-likeness (QED) is 0.806. The maximum Gasteiger partial charge on any atom is 0.308 e. The molecule has 1 saturated carbocycles. The highest BCUT2D eigenvalue weighted by atomic mass is 16.5. The zero-order valence-corrected chi connectivity index (χ0v) is 13.1. The Morgan fingerprint density at radius 2 is 1.80 bits per heavy atom. The molecule has 0 aromatic carbocycles. The number of hydrogen-bond acceptors (Lipinski definition) is 4. The van der Waals surface area contributed by atoms with Crippen LogP contribution in [-0.2, 0) is 9.53 Å². The number of esters is 1. The number of piperidine rings is 1. The zero-order chi connectivity index (χ0) is 14.8. The van der Waals surface area contributed by atoms with Crippen LogP contribution in [0.4, 0.5) is 0 Å². The van der Waals surface area contributed by atoms with Crippen LogP contribution in [0.5, 0.6) is 0 Å². The fourth-order valence-corrected chi connectivity index (χ4v) is 4.01. The number of ether oxygens (including phenoxy) is 1. The summed E-state index contributed by atoms with van der Waals surface area (Å²) >= 11 is 0. The molecule has 1 saturated heterocycles. The van der Waals surface area contributed by atoms with E-state index in [2.05, 4.69) is 18.9 Å². The molecule has 1 N–H and O–H groups in total. The lowest BCUT2D eigenvalue weighted by Gasteiger charge is -2.50. The van der Waals surface area contributed by atoms with Gasteiger partial charge in [-0.25, -0.2) is 0 Å². The molecule has 1 aliphatic carbocycles. The Morgan fingerprint density at radius 3 is 2.30 bits per heavy atom. The second-order valence-corrected chi connectivity index (χ2v) is 6.85. The highest BCUT2D eigenvalue weighted by Crippen LogP contribution is 2.43. The molecular formula is C16H29NO3. The Morgan fingerprint density at radius 1 is 1.25 bits per heavy atom. The van der Waals surface area contributed by atoms with Gasteiger partial charge in [-0.1, -0.05) is 19.8 Å². The number of aliphatic hydroxyl groups is 1. The summed E-state index contributed by atoms with van der Waals surface area (Å²) in [6.45, 7) is 6.28. The molecule has 2 atom stereocenters. The molecule has 2 aliphatic rings. The summed E-state index contributed by atoms with van der Waals surface area (Å²) in [5.74, 6) is 0.871. The second kappa shape index (κ2) is 6.44. The van der Waals surface area contributed by atoms with Crippen LogP contribution in [0.15, 0.2) is 0 Å². The highest BCUT2D eigenvalue weighted by molar-refractivity contribution is 5.70. The molecular weight excluding hydrogens is 254 g/mol. The van der Waals surface area contributed by atoms with Crippen molar-refractivity contribution in [3.05, 3.63) is 0 Å². The van der Waals surface area contributed by atoms with Crippen LogP contribution in [0.3, 0.4) is 0 Å². The smallest absolute Gasteiger partial charge is 0.308 e. The fraction of sp³-hybridized carbons (Fsp3) is 0.938. The number of rotatable bonds is 3. The monoisotopic (exact) mass is 283 g/mol. The molecule has 4 heteroatoms. The first-order valence-corrected chi connectivity index (χ1v) is 8.02. The molecule has 2 fully saturated rings. The van der Waals surface area contributed by atoms with Gasteiger partial charge < -0.3 is 14.7 Å². The number of carbonyl (C=O) groups excluding carboxylic acids is 1. The van der Waals surface area contributed by atoms with E-state index in [1.807, 2.05) is 6.92 Å². The Kier molecular flexibility index (Phi) is 5.08. The Balaban J connectivity index is 2.17. The minimum Gasteiger partial charge on any atom is -0.466 e. The van der Waals surface area contributed by atoms with E-state index in [-0.39, 0.29) is 24.2 Å². The molecule has 2 bridgehead atoms. The minimum atomic E-state index is -0.862.